The van der Waals surface area contributed by atoms with Gasteiger partial charge in [-0.05, 0) is 105 Å². The molecular weight excluding hydrogens is 358 g/mol. The number of hydrogen-bond donors (Lipinski definition) is 3. The number of ether oxygens (including phenoxy) is 1. The summed E-state index contributed by atoms with van der Waals surface area (Å²) in [7, 11) is 0. The molecule has 5 rings (SSSR count). The third-order valence-electron chi connectivity index (χ3n) is 6.44. The third-order valence-corrected chi connectivity index (χ3v) is 6.64. The average Bonchev–Trinajstić information content (AvgIpc) is 2.60. The zero-order valence-corrected chi connectivity index (χ0v) is 16.7. The van der Waals surface area contributed by atoms with E-state index in [1.54, 1.807) is 0 Å². The molecule has 146 valence electrons. The number of carbonyl (C=O) groups is 1. The van der Waals surface area contributed by atoms with Gasteiger partial charge < -0.3 is 10.1 Å². The highest BCUT2D eigenvalue weighted by molar-refractivity contribution is 7.80. The van der Waals surface area contributed by atoms with Gasteiger partial charge in [0.1, 0.15) is 5.75 Å². The van der Waals surface area contributed by atoms with E-state index < -0.39 is 0 Å². The van der Waals surface area contributed by atoms with Gasteiger partial charge in [-0.25, -0.2) is 0 Å². The van der Waals surface area contributed by atoms with Crippen molar-refractivity contribution in [1.82, 2.24) is 10.9 Å². The molecule has 0 unspecified atom stereocenters. The summed E-state index contributed by atoms with van der Waals surface area (Å²) in [6, 6.07) is 7.58. The van der Waals surface area contributed by atoms with Crippen LogP contribution in [0.2, 0.25) is 0 Å². The van der Waals surface area contributed by atoms with E-state index in [2.05, 4.69) is 16.2 Å². The van der Waals surface area contributed by atoms with Gasteiger partial charge in [0, 0.05) is 12.1 Å². The van der Waals surface area contributed by atoms with Gasteiger partial charge in [0.05, 0.1) is 6.61 Å². The Balaban J connectivity index is 1.24. The van der Waals surface area contributed by atoms with Crippen LogP contribution in [0.4, 0.5) is 5.69 Å². The highest BCUT2D eigenvalue weighted by Gasteiger charge is 2.51. The van der Waals surface area contributed by atoms with E-state index in [1.165, 1.54) is 38.5 Å². The van der Waals surface area contributed by atoms with Gasteiger partial charge in [0.15, 0.2) is 5.11 Å². The Bertz CT molecular complexity index is 669. The molecule has 4 aliphatic rings. The molecule has 0 aliphatic heterocycles. The SMILES string of the molecule is CCOc1ccc(NC(=S)NNC(=O)CC23CC4CC(CC(C4)C2)C3)cc1. The second kappa shape index (κ2) is 7.66. The number of rotatable bonds is 5. The lowest BCUT2D eigenvalue weighted by Gasteiger charge is -2.56. The molecule has 0 radical (unpaired) electrons. The highest BCUT2D eigenvalue weighted by atomic mass is 32.1. The first-order valence-electron chi connectivity index (χ1n) is 10.1. The van der Waals surface area contributed by atoms with Crippen molar-refractivity contribution in [2.75, 3.05) is 11.9 Å². The summed E-state index contributed by atoms with van der Waals surface area (Å²) in [5.74, 6) is 3.46. The summed E-state index contributed by atoms with van der Waals surface area (Å²) in [4.78, 5) is 12.5. The summed E-state index contributed by atoms with van der Waals surface area (Å²) in [5, 5.41) is 3.46. The van der Waals surface area contributed by atoms with E-state index in [4.69, 9.17) is 17.0 Å². The minimum atomic E-state index is 0.0489. The Morgan fingerprint density at radius 1 is 1.07 bits per heavy atom. The van der Waals surface area contributed by atoms with Crippen molar-refractivity contribution in [3.8, 4) is 5.75 Å². The smallest absolute Gasteiger partial charge is 0.238 e. The Hall–Kier alpha value is -1.82. The van der Waals surface area contributed by atoms with Crippen LogP contribution in [0.25, 0.3) is 0 Å². The standard InChI is InChI=1S/C21H29N3O2S/c1-2-26-18-5-3-17(4-6-18)22-20(27)24-23-19(25)13-21-10-14-7-15(11-21)9-16(8-14)12-21/h3-6,14-16H,2,7-13H2,1H3,(H,23,25)(H2,22,24,27). The predicted octanol–water partition coefficient (Wildman–Crippen LogP) is 4.01. The first-order valence-corrected chi connectivity index (χ1v) is 10.5. The highest BCUT2D eigenvalue weighted by Crippen LogP contribution is 2.61. The Kier molecular flexibility index (Phi) is 5.26. The zero-order chi connectivity index (χ0) is 18.9. The number of hydrazine groups is 1. The topological polar surface area (TPSA) is 62.4 Å². The molecular formula is C21H29N3O2S. The van der Waals surface area contributed by atoms with Crippen LogP contribution in [0.1, 0.15) is 51.9 Å². The molecule has 1 amide bonds. The second-order valence-corrected chi connectivity index (χ2v) is 9.09. The maximum Gasteiger partial charge on any atom is 0.238 e. The molecule has 0 aromatic heterocycles. The number of anilines is 1. The van der Waals surface area contributed by atoms with E-state index >= 15 is 0 Å². The largest absolute Gasteiger partial charge is 0.494 e. The van der Waals surface area contributed by atoms with E-state index in [0.29, 0.717) is 18.1 Å². The van der Waals surface area contributed by atoms with Gasteiger partial charge in [-0.1, -0.05) is 0 Å². The lowest BCUT2D eigenvalue weighted by Crippen LogP contribution is -2.50. The van der Waals surface area contributed by atoms with Crippen molar-refractivity contribution in [1.29, 1.82) is 0 Å². The van der Waals surface area contributed by atoms with E-state index in [9.17, 15) is 4.79 Å². The van der Waals surface area contributed by atoms with Crippen LogP contribution >= 0.6 is 12.2 Å². The molecule has 0 heterocycles. The third kappa shape index (κ3) is 4.37. The number of thiocarbonyl (C=S) groups is 1. The van der Waals surface area contributed by atoms with E-state index in [1.807, 2.05) is 31.2 Å². The molecule has 1 aromatic carbocycles. The summed E-state index contributed by atoms with van der Waals surface area (Å²) in [6.07, 6.45) is 8.53. The first-order chi connectivity index (χ1) is 13.0. The maximum absolute atomic E-state index is 12.5. The van der Waals surface area contributed by atoms with Crippen LogP contribution in [-0.2, 0) is 4.79 Å². The molecule has 4 bridgehead atoms. The van der Waals surface area contributed by atoms with Crippen LogP contribution in [-0.4, -0.2) is 17.6 Å². The number of carbonyl (C=O) groups excluding carboxylic acids is 1. The normalized spacial score (nSPS) is 30.6. The molecule has 27 heavy (non-hydrogen) atoms. The van der Waals surface area contributed by atoms with Gasteiger partial charge in [-0.15, -0.1) is 0 Å². The number of amides is 1. The summed E-state index contributed by atoms with van der Waals surface area (Å²) in [5.41, 5.74) is 6.73. The van der Waals surface area contributed by atoms with Gasteiger partial charge in [0.25, 0.3) is 0 Å². The molecule has 3 N–H and O–H groups in total. The number of nitrogens with one attached hydrogen (secondary N) is 3. The predicted molar refractivity (Wildman–Crippen MR) is 110 cm³/mol. The van der Waals surface area contributed by atoms with Gasteiger partial charge in [-0.3, -0.25) is 15.6 Å². The summed E-state index contributed by atoms with van der Waals surface area (Å²) in [6.45, 7) is 2.60. The van der Waals surface area contributed by atoms with Crippen molar-refractivity contribution in [2.24, 2.45) is 23.2 Å². The minimum absolute atomic E-state index is 0.0489. The molecule has 1 aromatic rings. The minimum Gasteiger partial charge on any atom is -0.494 e. The van der Waals surface area contributed by atoms with Gasteiger partial charge in [0.2, 0.25) is 5.91 Å². The lowest BCUT2D eigenvalue weighted by atomic mass is 9.49. The van der Waals surface area contributed by atoms with Crippen molar-refractivity contribution in [3.05, 3.63) is 24.3 Å². The molecule has 0 spiro atoms. The molecule has 0 saturated heterocycles. The molecule has 4 saturated carbocycles. The fourth-order valence-electron chi connectivity index (χ4n) is 5.98. The summed E-state index contributed by atoms with van der Waals surface area (Å²) < 4.78 is 5.43. The maximum atomic E-state index is 12.5. The fraction of sp³-hybridized carbons (Fsp3) is 0.619. The van der Waals surface area contributed by atoms with Crippen LogP contribution in [0.15, 0.2) is 24.3 Å². The zero-order valence-electron chi connectivity index (χ0n) is 15.9. The second-order valence-electron chi connectivity index (χ2n) is 8.68. The Morgan fingerprint density at radius 2 is 1.67 bits per heavy atom. The van der Waals surface area contributed by atoms with Crippen molar-refractivity contribution in [3.63, 3.8) is 0 Å². The van der Waals surface area contributed by atoms with E-state index in [0.717, 1.165) is 29.2 Å². The first kappa shape index (κ1) is 18.5. The van der Waals surface area contributed by atoms with Gasteiger partial charge >= 0.3 is 0 Å². The Morgan fingerprint density at radius 3 is 2.22 bits per heavy atom. The molecule has 0 atom stereocenters. The van der Waals surface area contributed by atoms with Gasteiger partial charge in [-0.2, -0.15) is 0 Å². The van der Waals surface area contributed by atoms with Crippen LogP contribution in [0, 0.1) is 23.2 Å². The average molecular weight is 388 g/mol. The molecule has 4 fully saturated rings. The van der Waals surface area contributed by atoms with Crippen molar-refractivity contribution in [2.45, 2.75) is 51.9 Å². The quantitative estimate of drug-likeness (QED) is 0.526. The summed E-state index contributed by atoms with van der Waals surface area (Å²) >= 11 is 5.29. The monoisotopic (exact) mass is 387 g/mol. The van der Waals surface area contributed by atoms with Crippen LogP contribution < -0.4 is 20.9 Å². The molecule has 4 aliphatic carbocycles. The molecule has 5 nitrogen and oxygen atoms in total. The number of benzene rings is 1. The Labute approximate surface area is 166 Å². The lowest BCUT2D eigenvalue weighted by molar-refractivity contribution is -0.129. The fourth-order valence-corrected chi connectivity index (χ4v) is 6.15. The van der Waals surface area contributed by atoms with Crippen LogP contribution in [0.5, 0.6) is 5.75 Å². The van der Waals surface area contributed by atoms with Crippen molar-refractivity contribution >= 4 is 28.9 Å². The van der Waals surface area contributed by atoms with Crippen LogP contribution in [0.3, 0.4) is 0 Å². The number of hydrogen-bond acceptors (Lipinski definition) is 3. The van der Waals surface area contributed by atoms with Crippen molar-refractivity contribution < 1.29 is 9.53 Å². The molecule has 6 heteroatoms. The van der Waals surface area contributed by atoms with E-state index in [-0.39, 0.29) is 11.3 Å².